The minimum absolute atomic E-state index is 0.705. The standard InChI is InChI=1S/C14H18N2O/c1-3-8-15-9-12-10-17-14(16-12)13-7-5-4-6-11(13)2/h4-7,10,15H,3,8-9H2,1-2H3. The van der Waals surface area contributed by atoms with Gasteiger partial charge in [0.15, 0.2) is 0 Å². The molecule has 2 rings (SSSR count). The number of oxazole rings is 1. The topological polar surface area (TPSA) is 38.1 Å². The van der Waals surface area contributed by atoms with Crippen LogP contribution in [0.1, 0.15) is 24.6 Å². The van der Waals surface area contributed by atoms with Gasteiger partial charge in [0, 0.05) is 12.1 Å². The van der Waals surface area contributed by atoms with Crippen molar-refractivity contribution in [2.75, 3.05) is 6.54 Å². The molecule has 0 aliphatic rings. The van der Waals surface area contributed by atoms with Crippen LogP contribution in [-0.4, -0.2) is 11.5 Å². The van der Waals surface area contributed by atoms with E-state index in [2.05, 4.69) is 30.2 Å². The van der Waals surface area contributed by atoms with Crippen molar-refractivity contribution in [1.29, 1.82) is 0 Å². The number of aromatic nitrogens is 1. The van der Waals surface area contributed by atoms with Crippen molar-refractivity contribution in [2.24, 2.45) is 0 Å². The van der Waals surface area contributed by atoms with Gasteiger partial charge in [0.1, 0.15) is 6.26 Å². The minimum atomic E-state index is 0.705. The van der Waals surface area contributed by atoms with Crippen LogP contribution in [0.2, 0.25) is 0 Å². The van der Waals surface area contributed by atoms with E-state index < -0.39 is 0 Å². The van der Waals surface area contributed by atoms with E-state index in [1.54, 1.807) is 6.26 Å². The Morgan fingerprint density at radius 3 is 2.88 bits per heavy atom. The van der Waals surface area contributed by atoms with Crippen molar-refractivity contribution < 1.29 is 4.42 Å². The van der Waals surface area contributed by atoms with Crippen LogP contribution in [0.25, 0.3) is 11.5 Å². The molecule has 1 N–H and O–H groups in total. The number of hydrogen-bond donors (Lipinski definition) is 1. The summed E-state index contributed by atoms with van der Waals surface area (Å²) in [6.07, 6.45) is 2.85. The van der Waals surface area contributed by atoms with E-state index in [-0.39, 0.29) is 0 Å². The normalized spacial score (nSPS) is 10.7. The Bertz CT molecular complexity index is 477. The molecular weight excluding hydrogens is 212 g/mol. The average molecular weight is 230 g/mol. The second-order valence-electron chi connectivity index (χ2n) is 4.14. The third-order valence-electron chi connectivity index (χ3n) is 2.66. The molecule has 0 atom stereocenters. The van der Waals surface area contributed by atoms with E-state index in [4.69, 9.17) is 4.42 Å². The number of benzene rings is 1. The molecule has 0 saturated heterocycles. The molecule has 3 nitrogen and oxygen atoms in total. The van der Waals surface area contributed by atoms with Gasteiger partial charge in [0.05, 0.1) is 5.69 Å². The molecule has 0 fully saturated rings. The summed E-state index contributed by atoms with van der Waals surface area (Å²) in [7, 11) is 0. The number of rotatable bonds is 5. The van der Waals surface area contributed by atoms with Gasteiger partial charge in [0.2, 0.25) is 5.89 Å². The van der Waals surface area contributed by atoms with Crippen LogP contribution in [0, 0.1) is 6.92 Å². The summed E-state index contributed by atoms with van der Waals surface area (Å²) in [6, 6.07) is 8.12. The van der Waals surface area contributed by atoms with Gasteiger partial charge in [-0.3, -0.25) is 0 Å². The second kappa shape index (κ2) is 5.64. The van der Waals surface area contributed by atoms with Crippen molar-refractivity contribution in [3.05, 3.63) is 41.8 Å². The van der Waals surface area contributed by atoms with Crippen molar-refractivity contribution in [3.63, 3.8) is 0 Å². The predicted molar refractivity (Wildman–Crippen MR) is 68.7 cm³/mol. The summed E-state index contributed by atoms with van der Waals surface area (Å²) in [5.41, 5.74) is 3.20. The molecule has 0 aliphatic heterocycles. The van der Waals surface area contributed by atoms with Crippen LogP contribution in [0.3, 0.4) is 0 Å². The molecule has 90 valence electrons. The highest BCUT2D eigenvalue weighted by molar-refractivity contribution is 5.58. The monoisotopic (exact) mass is 230 g/mol. The quantitative estimate of drug-likeness (QED) is 0.802. The molecule has 0 saturated carbocycles. The lowest BCUT2D eigenvalue weighted by Gasteiger charge is -1.99. The molecular formula is C14H18N2O. The Kier molecular flexibility index (Phi) is 3.94. The zero-order chi connectivity index (χ0) is 12.1. The Morgan fingerprint density at radius 1 is 1.29 bits per heavy atom. The molecule has 0 radical (unpaired) electrons. The van der Waals surface area contributed by atoms with Crippen molar-refractivity contribution in [1.82, 2.24) is 10.3 Å². The van der Waals surface area contributed by atoms with Gasteiger partial charge in [-0.25, -0.2) is 4.98 Å². The first-order valence-corrected chi connectivity index (χ1v) is 6.02. The van der Waals surface area contributed by atoms with Crippen molar-refractivity contribution in [2.45, 2.75) is 26.8 Å². The average Bonchev–Trinajstić information content (AvgIpc) is 2.79. The van der Waals surface area contributed by atoms with Crippen molar-refractivity contribution in [3.8, 4) is 11.5 Å². The summed E-state index contributed by atoms with van der Waals surface area (Å²) < 4.78 is 5.51. The van der Waals surface area contributed by atoms with E-state index in [0.29, 0.717) is 5.89 Å². The highest BCUT2D eigenvalue weighted by atomic mass is 16.3. The summed E-state index contributed by atoms with van der Waals surface area (Å²) in [5.74, 6) is 0.705. The van der Waals surface area contributed by atoms with Crippen LogP contribution in [0.5, 0.6) is 0 Å². The van der Waals surface area contributed by atoms with Crippen molar-refractivity contribution >= 4 is 0 Å². The molecule has 17 heavy (non-hydrogen) atoms. The lowest BCUT2D eigenvalue weighted by molar-refractivity contribution is 0.569. The number of aryl methyl sites for hydroxylation is 1. The summed E-state index contributed by atoms with van der Waals surface area (Å²) in [5, 5.41) is 3.31. The van der Waals surface area contributed by atoms with Gasteiger partial charge in [-0.2, -0.15) is 0 Å². The Labute approximate surface area is 102 Å². The van der Waals surface area contributed by atoms with Crippen LogP contribution in [0.15, 0.2) is 34.9 Å². The Morgan fingerprint density at radius 2 is 2.12 bits per heavy atom. The van der Waals surface area contributed by atoms with E-state index in [9.17, 15) is 0 Å². The van der Waals surface area contributed by atoms with Crippen LogP contribution in [-0.2, 0) is 6.54 Å². The van der Waals surface area contributed by atoms with E-state index in [1.165, 1.54) is 5.56 Å². The highest BCUT2D eigenvalue weighted by Gasteiger charge is 2.08. The molecule has 0 amide bonds. The number of hydrogen-bond acceptors (Lipinski definition) is 3. The fourth-order valence-corrected chi connectivity index (χ4v) is 1.72. The smallest absolute Gasteiger partial charge is 0.226 e. The summed E-state index contributed by atoms with van der Waals surface area (Å²) in [6.45, 7) is 5.98. The summed E-state index contributed by atoms with van der Waals surface area (Å²) in [4.78, 5) is 4.48. The van der Waals surface area contributed by atoms with E-state index >= 15 is 0 Å². The molecule has 2 aromatic rings. The van der Waals surface area contributed by atoms with Gasteiger partial charge in [-0.1, -0.05) is 25.1 Å². The number of nitrogens with zero attached hydrogens (tertiary/aromatic N) is 1. The molecule has 3 heteroatoms. The fourth-order valence-electron chi connectivity index (χ4n) is 1.72. The fraction of sp³-hybridized carbons (Fsp3) is 0.357. The maximum Gasteiger partial charge on any atom is 0.226 e. The first-order chi connectivity index (χ1) is 8.31. The highest BCUT2D eigenvalue weighted by Crippen LogP contribution is 2.21. The largest absolute Gasteiger partial charge is 0.444 e. The van der Waals surface area contributed by atoms with Crippen LogP contribution >= 0.6 is 0 Å². The Balaban J connectivity index is 2.10. The third kappa shape index (κ3) is 2.94. The molecule has 0 bridgehead atoms. The third-order valence-corrected chi connectivity index (χ3v) is 2.66. The lowest BCUT2D eigenvalue weighted by Crippen LogP contribution is -2.13. The van der Waals surface area contributed by atoms with Crippen LogP contribution in [0.4, 0.5) is 0 Å². The zero-order valence-corrected chi connectivity index (χ0v) is 10.4. The molecule has 0 aliphatic carbocycles. The van der Waals surface area contributed by atoms with Gasteiger partial charge in [-0.15, -0.1) is 0 Å². The SMILES string of the molecule is CCCNCc1coc(-c2ccccc2C)n1. The maximum atomic E-state index is 5.51. The second-order valence-corrected chi connectivity index (χ2v) is 4.14. The summed E-state index contributed by atoms with van der Waals surface area (Å²) >= 11 is 0. The predicted octanol–water partition coefficient (Wildman–Crippen LogP) is 3.15. The molecule has 1 aromatic heterocycles. The first-order valence-electron chi connectivity index (χ1n) is 6.02. The van der Waals surface area contributed by atoms with Gasteiger partial charge in [0.25, 0.3) is 0 Å². The van der Waals surface area contributed by atoms with Gasteiger partial charge >= 0.3 is 0 Å². The molecule has 0 unspecified atom stereocenters. The van der Waals surface area contributed by atoms with E-state index in [0.717, 1.165) is 30.8 Å². The van der Waals surface area contributed by atoms with Gasteiger partial charge < -0.3 is 9.73 Å². The first kappa shape index (κ1) is 11.9. The maximum absolute atomic E-state index is 5.51. The van der Waals surface area contributed by atoms with Gasteiger partial charge in [-0.05, 0) is 31.5 Å². The number of nitrogens with one attached hydrogen (secondary N) is 1. The van der Waals surface area contributed by atoms with Crippen LogP contribution < -0.4 is 5.32 Å². The minimum Gasteiger partial charge on any atom is -0.444 e. The molecule has 1 aromatic carbocycles. The zero-order valence-electron chi connectivity index (χ0n) is 10.4. The lowest BCUT2D eigenvalue weighted by atomic mass is 10.1. The molecule has 1 heterocycles. The Hall–Kier alpha value is -1.61. The van der Waals surface area contributed by atoms with E-state index in [1.807, 2.05) is 18.2 Å². The molecule has 0 spiro atoms.